The average Bonchev–Trinajstić information content (AvgIpc) is 2.59. The number of ether oxygens (including phenoxy) is 1. The van der Waals surface area contributed by atoms with Crippen LogP contribution in [0.25, 0.3) is 0 Å². The fourth-order valence-corrected chi connectivity index (χ4v) is 3.52. The Kier molecular flexibility index (Phi) is 6.68. The maximum absolute atomic E-state index is 8.88. The maximum atomic E-state index is 8.88. The molecule has 0 spiro atoms. The first-order chi connectivity index (χ1) is 10.8. The van der Waals surface area contributed by atoms with Gasteiger partial charge in [-0.15, -0.1) is 0 Å². The second-order valence-corrected chi connectivity index (χ2v) is 6.19. The van der Waals surface area contributed by atoms with Crippen molar-refractivity contribution < 1.29 is 4.74 Å². The van der Waals surface area contributed by atoms with E-state index >= 15 is 0 Å². The number of nitrogens with zero attached hydrogens (tertiary/aromatic N) is 1. The van der Waals surface area contributed by atoms with Crippen LogP contribution < -0.4 is 0 Å². The summed E-state index contributed by atoms with van der Waals surface area (Å²) in [5, 5.41) is 8.88. The molecule has 1 unspecified atom stereocenters. The van der Waals surface area contributed by atoms with Crippen molar-refractivity contribution in [3.63, 3.8) is 0 Å². The van der Waals surface area contributed by atoms with Gasteiger partial charge in [0.15, 0.2) is 0 Å². The van der Waals surface area contributed by atoms with Gasteiger partial charge in [0.25, 0.3) is 0 Å². The molecule has 2 rings (SSSR count). The summed E-state index contributed by atoms with van der Waals surface area (Å²) >= 11 is 0. The Morgan fingerprint density at radius 3 is 2.45 bits per heavy atom. The molecule has 118 valence electrons. The van der Waals surface area contributed by atoms with E-state index in [1.807, 2.05) is 19.1 Å². The fourth-order valence-electron chi connectivity index (χ4n) is 3.52. The van der Waals surface area contributed by atoms with Crippen LogP contribution in [0.4, 0.5) is 0 Å². The standard InChI is InChI=1S/C20H27NO/c1-3-5-14-22-20(4-2)19-12-10-18(11-13-19)17-8-6-16(15-21)7-9-17/h3,5-9,18-20H,4,10-14H2,1-2H3/b5-3+. The van der Waals surface area contributed by atoms with Gasteiger partial charge in [-0.05, 0) is 68.6 Å². The molecule has 2 heteroatoms. The third kappa shape index (κ3) is 4.45. The molecule has 1 aromatic carbocycles. The molecule has 2 nitrogen and oxygen atoms in total. The Balaban J connectivity index is 1.87. The Morgan fingerprint density at radius 1 is 1.23 bits per heavy atom. The molecule has 0 heterocycles. The summed E-state index contributed by atoms with van der Waals surface area (Å²) in [6, 6.07) is 10.3. The molecule has 0 radical (unpaired) electrons. The minimum atomic E-state index is 0.401. The predicted molar refractivity (Wildman–Crippen MR) is 90.7 cm³/mol. The second-order valence-electron chi connectivity index (χ2n) is 6.19. The van der Waals surface area contributed by atoms with E-state index < -0.39 is 0 Å². The van der Waals surface area contributed by atoms with Crippen molar-refractivity contribution in [2.45, 2.75) is 58.0 Å². The van der Waals surface area contributed by atoms with Gasteiger partial charge in [-0.2, -0.15) is 5.26 Å². The highest BCUT2D eigenvalue weighted by Crippen LogP contribution is 2.38. The number of rotatable bonds is 6. The van der Waals surface area contributed by atoms with Crippen molar-refractivity contribution in [2.75, 3.05) is 6.61 Å². The Bertz CT molecular complexity index is 504. The predicted octanol–water partition coefficient (Wildman–Crippen LogP) is 5.20. The average molecular weight is 297 g/mol. The highest BCUT2D eigenvalue weighted by atomic mass is 16.5. The third-order valence-corrected chi connectivity index (χ3v) is 4.85. The van der Waals surface area contributed by atoms with Gasteiger partial charge >= 0.3 is 0 Å². The van der Waals surface area contributed by atoms with Crippen molar-refractivity contribution in [1.82, 2.24) is 0 Å². The molecular formula is C20H27NO. The van der Waals surface area contributed by atoms with Gasteiger partial charge in [0.05, 0.1) is 24.3 Å². The van der Waals surface area contributed by atoms with E-state index in [-0.39, 0.29) is 0 Å². The first kappa shape index (κ1) is 16.8. The van der Waals surface area contributed by atoms with Gasteiger partial charge in [-0.25, -0.2) is 0 Å². The fraction of sp³-hybridized carbons (Fsp3) is 0.550. The van der Waals surface area contributed by atoms with E-state index in [2.05, 4.69) is 37.3 Å². The van der Waals surface area contributed by atoms with E-state index in [0.717, 1.165) is 18.6 Å². The molecule has 0 N–H and O–H groups in total. The SMILES string of the molecule is C/C=C/COC(CC)C1CCC(c2ccc(C#N)cc2)CC1. The Morgan fingerprint density at radius 2 is 1.91 bits per heavy atom. The second kappa shape index (κ2) is 8.76. The highest BCUT2D eigenvalue weighted by molar-refractivity contribution is 5.33. The van der Waals surface area contributed by atoms with Crippen LogP contribution in [0.15, 0.2) is 36.4 Å². The van der Waals surface area contributed by atoms with Crippen LogP contribution in [-0.4, -0.2) is 12.7 Å². The first-order valence-electron chi connectivity index (χ1n) is 8.51. The molecule has 1 saturated carbocycles. The Labute approximate surface area is 134 Å². The first-order valence-corrected chi connectivity index (χ1v) is 8.51. The molecule has 1 fully saturated rings. The molecule has 1 aliphatic rings. The maximum Gasteiger partial charge on any atom is 0.0991 e. The zero-order valence-electron chi connectivity index (χ0n) is 13.8. The number of hydrogen-bond acceptors (Lipinski definition) is 2. The topological polar surface area (TPSA) is 33.0 Å². The molecule has 22 heavy (non-hydrogen) atoms. The molecule has 0 aliphatic heterocycles. The van der Waals surface area contributed by atoms with Crippen molar-refractivity contribution >= 4 is 0 Å². The number of benzene rings is 1. The summed E-state index contributed by atoms with van der Waals surface area (Å²) in [4.78, 5) is 0. The van der Waals surface area contributed by atoms with Crippen LogP contribution in [0.1, 0.15) is 63.0 Å². The smallest absolute Gasteiger partial charge is 0.0991 e. The monoisotopic (exact) mass is 297 g/mol. The van der Waals surface area contributed by atoms with Gasteiger partial charge in [-0.3, -0.25) is 0 Å². The summed E-state index contributed by atoms with van der Waals surface area (Å²) in [6.07, 6.45) is 10.6. The zero-order valence-corrected chi connectivity index (χ0v) is 13.8. The lowest BCUT2D eigenvalue weighted by Gasteiger charge is -2.33. The zero-order chi connectivity index (χ0) is 15.8. The van der Waals surface area contributed by atoms with Crippen LogP contribution in [0.3, 0.4) is 0 Å². The minimum absolute atomic E-state index is 0.401. The van der Waals surface area contributed by atoms with E-state index in [1.54, 1.807) is 0 Å². The van der Waals surface area contributed by atoms with Crippen molar-refractivity contribution in [1.29, 1.82) is 5.26 Å². The molecule has 0 aromatic heterocycles. The molecule has 1 aromatic rings. The summed E-state index contributed by atoms with van der Waals surface area (Å²) < 4.78 is 6.02. The molecule has 1 atom stereocenters. The van der Waals surface area contributed by atoms with Gasteiger partial charge in [-0.1, -0.05) is 31.2 Å². The van der Waals surface area contributed by atoms with Crippen LogP contribution in [-0.2, 0) is 4.74 Å². The Hall–Kier alpha value is -1.59. The van der Waals surface area contributed by atoms with E-state index in [0.29, 0.717) is 17.9 Å². The number of hydrogen-bond donors (Lipinski definition) is 0. The van der Waals surface area contributed by atoms with Crippen LogP contribution in [0, 0.1) is 17.2 Å². The largest absolute Gasteiger partial charge is 0.374 e. The van der Waals surface area contributed by atoms with E-state index in [9.17, 15) is 0 Å². The molecule has 1 aliphatic carbocycles. The third-order valence-electron chi connectivity index (χ3n) is 4.85. The number of nitriles is 1. The minimum Gasteiger partial charge on any atom is -0.374 e. The van der Waals surface area contributed by atoms with Crippen molar-refractivity contribution in [3.8, 4) is 6.07 Å². The highest BCUT2D eigenvalue weighted by Gasteiger charge is 2.27. The van der Waals surface area contributed by atoms with Crippen LogP contribution >= 0.6 is 0 Å². The van der Waals surface area contributed by atoms with Crippen molar-refractivity contribution in [3.05, 3.63) is 47.5 Å². The lowest BCUT2D eigenvalue weighted by molar-refractivity contribution is 0.0114. The molecular weight excluding hydrogens is 270 g/mol. The van der Waals surface area contributed by atoms with Gasteiger partial charge in [0.1, 0.15) is 0 Å². The van der Waals surface area contributed by atoms with E-state index in [4.69, 9.17) is 10.00 Å². The normalized spacial score (nSPS) is 23.3. The van der Waals surface area contributed by atoms with Crippen LogP contribution in [0.5, 0.6) is 0 Å². The molecule has 0 saturated heterocycles. The van der Waals surface area contributed by atoms with E-state index in [1.165, 1.54) is 31.2 Å². The van der Waals surface area contributed by atoms with Gasteiger partial charge in [0, 0.05) is 0 Å². The quantitative estimate of drug-likeness (QED) is 0.676. The van der Waals surface area contributed by atoms with Gasteiger partial charge < -0.3 is 4.74 Å². The lowest BCUT2D eigenvalue weighted by Crippen LogP contribution is -2.27. The summed E-state index contributed by atoms with van der Waals surface area (Å²) in [5.41, 5.74) is 2.14. The number of allylic oxidation sites excluding steroid dienone is 1. The van der Waals surface area contributed by atoms with Crippen LogP contribution in [0.2, 0.25) is 0 Å². The van der Waals surface area contributed by atoms with Crippen molar-refractivity contribution in [2.24, 2.45) is 5.92 Å². The molecule has 0 bridgehead atoms. The van der Waals surface area contributed by atoms with Gasteiger partial charge in [0.2, 0.25) is 0 Å². The summed E-state index contributed by atoms with van der Waals surface area (Å²) in [5.74, 6) is 1.35. The summed E-state index contributed by atoms with van der Waals surface area (Å²) in [6.45, 7) is 5.00. The molecule has 0 amide bonds. The lowest BCUT2D eigenvalue weighted by atomic mass is 9.76. The summed E-state index contributed by atoms with van der Waals surface area (Å²) in [7, 11) is 0.